The summed E-state index contributed by atoms with van der Waals surface area (Å²) >= 11 is 12.6. The van der Waals surface area contributed by atoms with Crippen molar-refractivity contribution >= 4 is 62.5 Å². The van der Waals surface area contributed by atoms with Crippen molar-refractivity contribution in [1.29, 1.82) is 0 Å². The number of amides is 2. The van der Waals surface area contributed by atoms with Gasteiger partial charge in [-0.3, -0.25) is 24.5 Å². The number of hydroxylamine groups is 1. The van der Waals surface area contributed by atoms with E-state index in [1.807, 2.05) is 6.07 Å². The van der Waals surface area contributed by atoms with Crippen molar-refractivity contribution in [2.45, 2.75) is 4.90 Å². The topological polar surface area (TPSA) is 137 Å². The van der Waals surface area contributed by atoms with E-state index in [-0.39, 0.29) is 21.2 Å². The van der Waals surface area contributed by atoms with Gasteiger partial charge in [-0.25, -0.2) is 13.9 Å². The Balaban J connectivity index is 1.51. The van der Waals surface area contributed by atoms with E-state index in [0.29, 0.717) is 27.5 Å². The molecule has 0 aliphatic rings. The summed E-state index contributed by atoms with van der Waals surface area (Å²) in [6.45, 7) is 0. The van der Waals surface area contributed by atoms with Gasteiger partial charge in [-0.1, -0.05) is 41.4 Å². The van der Waals surface area contributed by atoms with Crippen LogP contribution in [-0.2, 0) is 14.8 Å². The van der Waals surface area contributed by atoms with Crippen molar-refractivity contribution < 1.29 is 23.2 Å². The van der Waals surface area contributed by atoms with Crippen molar-refractivity contribution in [3.05, 3.63) is 112 Å². The molecule has 2 amide bonds. The number of carbonyl (C=O) groups is 2. The molecule has 0 radical (unpaired) electrons. The molecule has 0 bridgehead atoms. The lowest BCUT2D eigenvalue weighted by atomic mass is 10.1. The molecule has 1 aromatic heterocycles. The number of hydrogen-bond donors (Lipinski definition) is 4. The molecule has 0 spiro atoms. The Hall–Kier alpha value is -4.22. The van der Waals surface area contributed by atoms with Gasteiger partial charge in [0, 0.05) is 29.2 Å². The van der Waals surface area contributed by atoms with Gasteiger partial charge in [-0.15, -0.1) is 0 Å². The first-order chi connectivity index (χ1) is 18.7. The van der Waals surface area contributed by atoms with Gasteiger partial charge in [0.15, 0.2) is 0 Å². The molecule has 3 aromatic carbocycles. The Morgan fingerprint density at radius 3 is 2.41 bits per heavy atom. The molecule has 1 heterocycles. The van der Waals surface area contributed by atoms with E-state index in [2.05, 4.69) is 15.0 Å². The SMILES string of the molecule is O=C(/C=C/c1cccc(NS(=O)(=O)c2ccc(C(=O)Nc3ccc(Cl)c(-c4ccccn4)c3)c(Cl)c2)c1)NO. The van der Waals surface area contributed by atoms with Gasteiger partial charge in [0.2, 0.25) is 0 Å². The molecule has 9 nitrogen and oxygen atoms in total. The Morgan fingerprint density at radius 2 is 1.69 bits per heavy atom. The first-order valence-corrected chi connectivity index (χ1v) is 13.5. The largest absolute Gasteiger partial charge is 0.322 e. The molecular weight excluding hydrogens is 563 g/mol. The minimum atomic E-state index is -4.06. The highest BCUT2D eigenvalue weighted by Crippen LogP contribution is 2.30. The maximum atomic E-state index is 12.9. The van der Waals surface area contributed by atoms with Gasteiger partial charge in [0.05, 0.1) is 26.2 Å². The fraction of sp³-hybridized carbons (Fsp3) is 0. The molecule has 0 unspecified atom stereocenters. The third kappa shape index (κ3) is 7.01. The van der Waals surface area contributed by atoms with Crippen LogP contribution in [0.25, 0.3) is 17.3 Å². The van der Waals surface area contributed by atoms with Crippen LogP contribution in [0.2, 0.25) is 10.0 Å². The highest BCUT2D eigenvalue weighted by molar-refractivity contribution is 7.92. The van der Waals surface area contributed by atoms with Crippen LogP contribution in [0.4, 0.5) is 11.4 Å². The molecule has 4 aromatic rings. The van der Waals surface area contributed by atoms with Crippen LogP contribution in [0.3, 0.4) is 0 Å². The summed E-state index contributed by atoms with van der Waals surface area (Å²) in [7, 11) is -4.06. The number of anilines is 2. The van der Waals surface area contributed by atoms with Crippen LogP contribution in [0.5, 0.6) is 0 Å². The van der Waals surface area contributed by atoms with Crippen LogP contribution in [0, 0.1) is 0 Å². The van der Waals surface area contributed by atoms with Crippen molar-refractivity contribution in [3.8, 4) is 11.3 Å². The average molecular weight is 583 g/mol. The quantitative estimate of drug-likeness (QED) is 0.121. The molecule has 0 aliphatic heterocycles. The van der Waals surface area contributed by atoms with Gasteiger partial charge in [0.25, 0.3) is 21.8 Å². The highest BCUT2D eigenvalue weighted by atomic mass is 35.5. The Kier molecular flexibility index (Phi) is 8.62. The second kappa shape index (κ2) is 12.1. The lowest BCUT2D eigenvalue weighted by Gasteiger charge is -2.12. The van der Waals surface area contributed by atoms with Crippen LogP contribution in [-0.4, -0.2) is 30.4 Å². The van der Waals surface area contributed by atoms with Crippen molar-refractivity contribution in [2.75, 3.05) is 10.0 Å². The highest BCUT2D eigenvalue weighted by Gasteiger charge is 2.19. The normalized spacial score (nSPS) is 11.3. The Morgan fingerprint density at radius 1 is 0.872 bits per heavy atom. The summed E-state index contributed by atoms with van der Waals surface area (Å²) in [6.07, 6.45) is 4.11. The maximum Gasteiger partial charge on any atom is 0.267 e. The van der Waals surface area contributed by atoms with Crippen LogP contribution in [0.1, 0.15) is 15.9 Å². The van der Waals surface area contributed by atoms with E-state index in [9.17, 15) is 18.0 Å². The Bertz CT molecular complexity index is 1680. The van der Waals surface area contributed by atoms with E-state index in [0.717, 1.165) is 6.08 Å². The molecule has 0 saturated carbocycles. The molecule has 0 aliphatic carbocycles. The van der Waals surface area contributed by atoms with E-state index < -0.39 is 21.8 Å². The molecule has 4 rings (SSSR count). The van der Waals surface area contributed by atoms with Crippen LogP contribution < -0.4 is 15.5 Å². The summed E-state index contributed by atoms with van der Waals surface area (Å²) in [5.74, 6) is -1.28. The summed E-state index contributed by atoms with van der Waals surface area (Å²) in [4.78, 5) is 28.2. The predicted molar refractivity (Wildman–Crippen MR) is 150 cm³/mol. The second-order valence-corrected chi connectivity index (χ2v) is 10.5. The zero-order chi connectivity index (χ0) is 28.0. The average Bonchev–Trinajstić information content (AvgIpc) is 2.93. The van der Waals surface area contributed by atoms with E-state index >= 15 is 0 Å². The van der Waals surface area contributed by atoms with E-state index in [4.69, 9.17) is 28.4 Å². The number of nitrogens with zero attached hydrogens (tertiary/aromatic N) is 1. The van der Waals surface area contributed by atoms with E-state index in [1.54, 1.807) is 48.7 Å². The van der Waals surface area contributed by atoms with Gasteiger partial charge < -0.3 is 5.32 Å². The number of pyridine rings is 1. The number of nitrogens with one attached hydrogen (secondary N) is 3. The molecule has 4 N–H and O–H groups in total. The van der Waals surface area contributed by atoms with Crippen molar-refractivity contribution in [3.63, 3.8) is 0 Å². The Labute approximate surface area is 234 Å². The number of hydrogen-bond acceptors (Lipinski definition) is 6. The third-order valence-electron chi connectivity index (χ3n) is 5.34. The number of benzene rings is 3. The zero-order valence-corrected chi connectivity index (χ0v) is 22.3. The summed E-state index contributed by atoms with van der Waals surface area (Å²) in [6, 6.07) is 20.3. The van der Waals surface area contributed by atoms with Crippen molar-refractivity contribution in [1.82, 2.24) is 10.5 Å². The zero-order valence-electron chi connectivity index (χ0n) is 19.9. The molecule has 12 heteroatoms. The standard InChI is InChI=1S/C27H20Cl2N4O5S/c28-23-11-8-18(15-22(23)25-6-1-2-13-30-25)31-27(35)21-10-9-20(16-24(21)29)39(37,38)33-19-5-3-4-17(14-19)7-12-26(34)32-36/h1-16,33,36H,(H,31,35)(H,32,34)/b12-7+. The number of sulfonamides is 1. The number of halogens is 2. The van der Waals surface area contributed by atoms with Gasteiger partial charge in [-0.05, 0) is 72.3 Å². The number of aromatic nitrogens is 1. The van der Waals surface area contributed by atoms with Gasteiger partial charge in [0.1, 0.15) is 0 Å². The number of carbonyl (C=O) groups excluding carboxylic acids is 2. The smallest absolute Gasteiger partial charge is 0.267 e. The van der Waals surface area contributed by atoms with Gasteiger partial charge >= 0.3 is 0 Å². The third-order valence-corrected chi connectivity index (χ3v) is 7.36. The predicted octanol–water partition coefficient (Wildman–Crippen LogP) is 5.63. The van der Waals surface area contributed by atoms with Crippen LogP contribution >= 0.6 is 23.2 Å². The molecule has 198 valence electrons. The molecular formula is C27H20Cl2N4O5S. The fourth-order valence-electron chi connectivity index (χ4n) is 3.50. The maximum absolute atomic E-state index is 12.9. The first-order valence-electron chi connectivity index (χ1n) is 11.2. The second-order valence-electron chi connectivity index (χ2n) is 8.05. The summed E-state index contributed by atoms with van der Waals surface area (Å²) < 4.78 is 28.3. The molecule has 0 atom stereocenters. The van der Waals surface area contributed by atoms with Crippen LogP contribution in [0.15, 0.2) is 96.0 Å². The lowest BCUT2D eigenvalue weighted by molar-refractivity contribution is -0.124. The first kappa shape index (κ1) is 27.8. The fourth-order valence-corrected chi connectivity index (χ4v) is 5.12. The molecule has 0 fully saturated rings. The monoisotopic (exact) mass is 582 g/mol. The molecule has 0 saturated heterocycles. The minimum absolute atomic E-state index is 0.0685. The number of rotatable bonds is 8. The van der Waals surface area contributed by atoms with Gasteiger partial charge in [-0.2, -0.15) is 0 Å². The summed E-state index contributed by atoms with van der Waals surface area (Å²) in [5.41, 5.74) is 3.99. The minimum Gasteiger partial charge on any atom is -0.322 e. The van der Waals surface area contributed by atoms with E-state index in [1.165, 1.54) is 41.9 Å². The van der Waals surface area contributed by atoms with Crippen molar-refractivity contribution in [2.24, 2.45) is 0 Å². The summed E-state index contributed by atoms with van der Waals surface area (Å²) in [5, 5.41) is 11.7. The lowest BCUT2D eigenvalue weighted by Crippen LogP contribution is -2.15. The molecule has 39 heavy (non-hydrogen) atoms.